The smallest absolute Gasteiger partial charge is 0.258 e. The van der Waals surface area contributed by atoms with Gasteiger partial charge in [0, 0.05) is 19.3 Å². The monoisotopic (exact) mass is 393 g/mol. The van der Waals surface area contributed by atoms with E-state index in [1.54, 1.807) is 24.6 Å². The fourth-order valence-electron chi connectivity index (χ4n) is 2.77. The van der Waals surface area contributed by atoms with Gasteiger partial charge in [0.05, 0.1) is 16.1 Å². The van der Waals surface area contributed by atoms with Crippen molar-refractivity contribution >= 4 is 33.4 Å². The number of amides is 1. The van der Waals surface area contributed by atoms with Crippen LogP contribution in [0.15, 0.2) is 46.5 Å². The molecule has 0 aliphatic carbocycles. The molecule has 26 heavy (non-hydrogen) atoms. The first kappa shape index (κ1) is 18.7. The fraction of sp³-hybridized carbons (Fsp3) is 0.294. The van der Waals surface area contributed by atoms with Crippen molar-refractivity contribution in [2.75, 3.05) is 24.7 Å². The number of aromatic nitrogens is 1. The van der Waals surface area contributed by atoms with E-state index in [0.717, 1.165) is 12.8 Å². The Bertz CT molecular complexity index is 925. The highest BCUT2D eigenvalue weighted by Crippen LogP contribution is 2.30. The molecule has 1 amide bonds. The van der Waals surface area contributed by atoms with Crippen LogP contribution in [-0.2, 0) is 10.0 Å². The van der Waals surface area contributed by atoms with Crippen LogP contribution >= 0.6 is 11.8 Å². The molecule has 1 aromatic carbocycles. The van der Waals surface area contributed by atoms with Crippen LogP contribution in [0, 0.1) is 0 Å². The van der Waals surface area contributed by atoms with Gasteiger partial charge in [-0.1, -0.05) is 0 Å². The maximum atomic E-state index is 12.7. The predicted molar refractivity (Wildman–Crippen MR) is 100 cm³/mol. The number of phenols is 1. The summed E-state index contributed by atoms with van der Waals surface area (Å²) in [6.07, 6.45) is 5.06. The Kier molecular flexibility index (Phi) is 5.49. The van der Waals surface area contributed by atoms with Crippen LogP contribution in [0.5, 0.6) is 5.75 Å². The second kappa shape index (κ2) is 7.65. The lowest BCUT2D eigenvalue weighted by Crippen LogP contribution is -2.28. The van der Waals surface area contributed by atoms with Crippen molar-refractivity contribution in [1.82, 2.24) is 9.29 Å². The second-order valence-corrected chi connectivity index (χ2v) is 8.54. The highest BCUT2D eigenvalue weighted by Gasteiger charge is 2.28. The third-order valence-corrected chi connectivity index (χ3v) is 6.73. The summed E-state index contributed by atoms with van der Waals surface area (Å²) < 4.78 is 26.8. The second-order valence-electron chi connectivity index (χ2n) is 5.80. The Morgan fingerprint density at radius 3 is 2.69 bits per heavy atom. The van der Waals surface area contributed by atoms with Gasteiger partial charge in [-0.2, -0.15) is 4.31 Å². The maximum absolute atomic E-state index is 12.7. The first-order valence-corrected chi connectivity index (χ1v) is 10.7. The molecule has 0 radical (unpaired) electrons. The molecule has 7 nitrogen and oxygen atoms in total. The van der Waals surface area contributed by atoms with E-state index in [1.165, 1.54) is 34.3 Å². The lowest BCUT2D eigenvalue weighted by molar-refractivity contribution is 0.102. The lowest BCUT2D eigenvalue weighted by Gasteiger charge is -2.17. The molecule has 1 aliphatic heterocycles. The number of carbonyl (C=O) groups excluding carboxylic acids is 1. The van der Waals surface area contributed by atoms with Gasteiger partial charge in [0.2, 0.25) is 10.0 Å². The van der Waals surface area contributed by atoms with Gasteiger partial charge in [-0.15, -0.1) is 11.8 Å². The molecule has 2 aromatic rings. The molecule has 0 bridgehead atoms. The molecule has 2 N–H and O–H groups in total. The molecular weight excluding hydrogens is 374 g/mol. The van der Waals surface area contributed by atoms with Crippen LogP contribution < -0.4 is 5.32 Å². The first-order chi connectivity index (χ1) is 12.4. The van der Waals surface area contributed by atoms with Crippen LogP contribution in [0.1, 0.15) is 23.2 Å². The number of phenolic OH excluding ortho intramolecular Hbond substituents is 1. The summed E-state index contributed by atoms with van der Waals surface area (Å²) in [4.78, 5) is 16.7. The quantitative estimate of drug-likeness (QED) is 0.598. The minimum absolute atomic E-state index is 0.0452. The van der Waals surface area contributed by atoms with E-state index in [-0.39, 0.29) is 16.3 Å². The number of anilines is 1. The number of carbonyl (C=O) groups is 1. The molecule has 3 rings (SSSR count). The molecule has 2 heterocycles. The Balaban J connectivity index is 1.90. The van der Waals surface area contributed by atoms with Gasteiger partial charge in [0.15, 0.2) is 0 Å². The average molecular weight is 393 g/mol. The van der Waals surface area contributed by atoms with Crippen molar-refractivity contribution in [3.05, 3.63) is 42.1 Å². The molecule has 0 spiro atoms. The third kappa shape index (κ3) is 3.69. The number of hydrogen-bond acceptors (Lipinski definition) is 6. The zero-order chi connectivity index (χ0) is 18.7. The Hall–Kier alpha value is -2.10. The molecular formula is C17H19N3O4S2. The highest BCUT2D eigenvalue weighted by molar-refractivity contribution is 7.98. The zero-order valence-electron chi connectivity index (χ0n) is 14.2. The van der Waals surface area contributed by atoms with Crippen molar-refractivity contribution in [1.29, 1.82) is 0 Å². The van der Waals surface area contributed by atoms with E-state index in [1.807, 2.05) is 0 Å². The number of thioether (sulfide) groups is 1. The molecule has 0 atom stereocenters. The predicted octanol–water partition coefficient (Wildman–Crippen LogP) is 2.55. The van der Waals surface area contributed by atoms with Gasteiger partial charge in [-0.05, 0) is 49.4 Å². The number of benzene rings is 1. The number of nitrogens with zero attached hydrogens (tertiary/aromatic N) is 2. The largest absolute Gasteiger partial charge is 0.506 e. The molecule has 138 valence electrons. The molecule has 1 fully saturated rings. The van der Waals surface area contributed by atoms with Crippen molar-refractivity contribution in [3.63, 3.8) is 0 Å². The molecule has 0 unspecified atom stereocenters. The summed E-state index contributed by atoms with van der Waals surface area (Å²) in [6, 6.07) is 7.17. The SMILES string of the molecule is CSc1ncccc1C(=O)Nc1cc(S(=O)(=O)N2CCCC2)ccc1O. The minimum Gasteiger partial charge on any atom is -0.506 e. The van der Waals surface area contributed by atoms with Crippen molar-refractivity contribution in [2.45, 2.75) is 22.8 Å². The van der Waals surface area contributed by atoms with Crippen LogP contribution in [0.25, 0.3) is 0 Å². The van der Waals surface area contributed by atoms with Gasteiger partial charge in [0.25, 0.3) is 5.91 Å². The summed E-state index contributed by atoms with van der Waals surface area (Å²) in [7, 11) is -3.64. The van der Waals surface area contributed by atoms with Gasteiger partial charge in [0.1, 0.15) is 10.8 Å². The van der Waals surface area contributed by atoms with E-state index in [4.69, 9.17) is 0 Å². The molecule has 9 heteroatoms. The van der Waals surface area contributed by atoms with E-state index < -0.39 is 15.9 Å². The number of hydrogen-bond donors (Lipinski definition) is 2. The van der Waals surface area contributed by atoms with Gasteiger partial charge in [-0.3, -0.25) is 4.79 Å². The number of aromatic hydroxyl groups is 1. The number of nitrogens with one attached hydrogen (secondary N) is 1. The van der Waals surface area contributed by atoms with E-state index in [2.05, 4.69) is 10.3 Å². The summed E-state index contributed by atoms with van der Waals surface area (Å²) >= 11 is 1.33. The van der Waals surface area contributed by atoms with E-state index in [0.29, 0.717) is 23.7 Å². The number of sulfonamides is 1. The molecule has 0 saturated carbocycles. The van der Waals surface area contributed by atoms with Gasteiger partial charge in [-0.25, -0.2) is 13.4 Å². The maximum Gasteiger partial charge on any atom is 0.258 e. The van der Waals surface area contributed by atoms with E-state index >= 15 is 0 Å². The fourth-order valence-corrected chi connectivity index (χ4v) is 4.86. The van der Waals surface area contributed by atoms with Crippen molar-refractivity contribution in [3.8, 4) is 5.75 Å². The molecule has 1 aromatic heterocycles. The number of pyridine rings is 1. The average Bonchev–Trinajstić information content (AvgIpc) is 3.19. The summed E-state index contributed by atoms with van der Waals surface area (Å²) in [6.45, 7) is 0.968. The molecule has 1 aliphatic rings. The Morgan fingerprint density at radius 1 is 1.27 bits per heavy atom. The van der Waals surface area contributed by atoms with Crippen LogP contribution in [0.3, 0.4) is 0 Å². The summed E-state index contributed by atoms with van der Waals surface area (Å²) in [5.74, 6) is -0.665. The molecule has 1 saturated heterocycles. The summed E-state index contributed by atoms with van der Waals surface area (Å²) in [5.41, 5.74) is 0.401. The van der Waals surface area contributed by atoms with Crippen LogP contribution in [0.2, 0.25) is 0 Å². The highest BCUT2D eigenvalue weighted by atomic mass is 32.2. The van der Waals surface area contributed by atoms with Gasteiger partial charge < -0.3 is 10.4 Å². The Labute approximate surface area is 156 Å². The third-order valence-electron chi connectivity index (χ3n) is 4.13. The van der Waals surface area contributed by atoms with Crippen LogP contribution in [0.4, 0.5) is 5.69 Å². The Morgan fingerprint density at radius 2 is 2.00 bits per heavy atom. The minimum atomic E-state index is -3.64. The van der Waals surface area contributed by atoms with E-state index in [9.17, 15) is 18.3 Å². The van der Waals surface area contributed by atoms with Crippen molar-refractivity contribution in [2.24, 2.45) is 0 Å². The summed E-state index contributed by atoms with van der Waals surface area (Å²) in [5, 5.41) is 13.2. The number of rotatable bonds is 5. The standard InChI is InChI=1S/C17H19N3O4S2/c1-25-17-13(5-4-8-18-17)16(22)19-14-11-12(6-7-15(14)21)26(23,24)20-9-2-3-10-20/h4-8,11,21H,2-3,9-10H2,1H3,(H,19,22). The normalized spacial score (nSPS) is 15.1. The topological polar surface area (TPSA) is 99.6 Å². The van der Waals surface area contributed by atoms with Gasteiger partial charge >= 0.3 is 0 Å². The van der Waals surface area contributed by atoms with Crippen molar-refractivity contribution < 1.29 is 18.3 Å². The lowest BCUT2D eigenvalue weighted by atomic mass is 10.2. The first-order valence-electron chi connectivity index (χ1n) is 8.07. The zero-order valence-corrected chi connectivity index (χ0v) is 15.8. The van der Waals surface area contributed by atoms with Crippen LogP contribution in [-0.4, -0.2) is 48.1 Å².